The zero-order chi connectivity index (χ0) is 14.2. The first-order valence-corrected chi connectivity index (χ1v) is 7.99. The summed E-state index contributed by atoms with van der Waals surface area (Å²) >= 11 is 0. The Labute approximate surface area is 122 Å². The lowest BCUT2D eigenvalue weighted by molar-refractivity contribution is 0.0496. The second kappa shape index (κ2) is 8.08. The molecule has 20 heavy (non-hydrogen) atoms. The minimum absolute atomic E-state index is 0.192. The molecule has 1 aromatic carbocycles. The highest BCUT2D eigenvalue weighted by molar-refractivity contribution is 5.89. The van der Waals surface area contributed by atoms with Gasteiger partial charge in [-0.3, -0.25) is 0 Å². The third kappa shape index (κ3) is 4.99. The Kier molecular flexibility index (Phi) is 6.10. The van der Waals surface area contributed by atoms with Gasteiger partial charge in [-0.05, 0) is 37.8 Å². The van der Waals surface area contributed by atoms with Crippen LogP contribution in [0.2, 0.25) is 0 Å². The molecule has 1 fully saturated rings. The fourth-order valence-electron chi connectivity index (χ4n) is 2.95. The van der Waals surface area contributed by atoms with Gasteiger partial charge in [0.25, 0.3) is 0 Å². The first-order chi connectivity index (χ1) is 9.75. The van der Waals surface area contributed by atoms with Crippen molar-refractivity contribution in [2.75, 3.05) is 6.61 Å². The Bertz CT molecular complexity index is 402. The summed E-state index contributed by atoms with van der Waals surface area (Å²) in [5, 5.41) is 0. The highest BCUT2D eigenvalue weighted by Gasteiger charge is 2.12. The number of carbonyl (C=O) groups is 1. The number of benzene rings is 1. The summed E-state index contributed by atoms with van der Waals surface area (Å²) in [5.41, 5.74) is 1.82. The molecule has 0 unspecified atom stereocenters. The summed E-state index contributed by atoms with van der Waals surface area (Å²) < 4.78 is 5.32. The number of hydrogen-bond donors (Lipinski definition) is 0. The molecule has 0 atom stereocenters. The molecule has 2 heteroatoms. The fourth-order valence-corrected chi connectivity index (χ4v) is 2.95. The summed E-state index contributed by atoms with van der Waals surface area (Å²) in [6.07, 6.45) is 10.5. The van der Waals surface area contributed by atoms with Crippen LogP contribution in [0.3, 0.4) is 0 Å². The van der Waals surface area contributed by atoms with Crippen LogP contribution in [0.5, 0.6) is 0 Å². The molecular formula is C18H26O2. The first kappa shape index (κ1) is 15.1. The van der Waals surface area contributed by atoms with Crippen molar-refractivity contribution in [3.8, 4) is 0 Å². The van der Waals surface area contributed by atoms with Crippen LogP contribution in [0.1, 0.15) is 67.3 Å². The van der Waals surface area contributed by atoms with Crippen molar-refractivity contribution >= 4 is 5.97 Å². The molecule has 1 saturated carbocycles. The van der Waals surface area contributed by atoms with Crippen LogP contribution in [0, 0.1) is 12.8 Å². The van der Waals surface area contributed by atoms with Gasteiger partial charge in [0.2, 0.25) is 0 Å². The molecule has 1 aromatic rings. The molecule has 110 valence electrons. The number of esters is 1. The molecule has 0 aromatic heterocycles. The largest absolute Gasteiger partial charge is 0.462 e. The van der Waals surface area contributed by atoms with E-state index in [0.29, 0.717) is 12.2 Å². The second-order valence-corrected chi connectivity index (χ2v) is 6.00. The Hall–Kier alpha value is -1.31. The number of aryl methyl sites for hydroxylation is 1. The molecule has 0 spiro atoms. The predicted octanol–water partition coefficient (Wildman–Crippen LogP) is 4.90. The van der Waals surface area contributed by atoms with Crippen LogP contribution in [-0.2, 0) is 4.74 Å². The second-order valence-electron chi connectivity index (χ2n) is 6.00. The van der Waals surface area contributed by atoms with E-state index in [1.165, 1.54) is 44.9 Å². The van der Waals surface area contributed by atoms with E-state index >= 15 is 0 Å². The number of hydrogen-bond acceptors (Lipinski definition) is 2. The van der Waals surface area contributed by atoms with Gasteiger partial charge in [-0.2, -0.15) is 0 Å². The van der Waals surface area contributed by atoms with E-state index in [0.717, 1.165) is 17.9 Å². The van der Waals surface area contributed by atoms with Crippen molar-refractivity contribution in [3.63, 3.8) is 0 Å². The van der Waals surface area contributed by atoms with E-state index in [-0.39, 0.29) is 5.97 Å². The van der Waals surface area contributed by atoms with Gasteiger partial charge in [0.15, 0.2) is 0 Å². The lowest BCUT2D eigenvalue weighted by atomic mass is 9.86. The van der Waals surface area contributed by atoms with Gasteiger partial charge < -0.3 is 4.74 Å². The summed E-state index contributed by atoms with van der Waals surface area (Å²) in [5.74, 6) is 0.735. The van der Waals surface area contributed by atoms with E-state index in [9.17, 15) is 4.79 Å². The maximum Gasteiger partial charge on any atom is 0.338 e. The van der Waals surface area contributed by atoms with E-state index in [1.54, 1.807) is 0 Å². The molecule has 2 rings (SSSR count). The normalized spacial score (nSPS) is 16.1. The van der Waals surface area contributed by atoms with E-state index < -0.39 is 0 Å². The van der Waals surface area contributed by atoms with Crippen LogP contribution in [0.15, 0.2) is 24.3 Å². The lowest BCUT2D eigenvalue weighted by Crippen LogP contribution is -2.08. The summed E-state index contributed by atoms with van der Waals surface area (Å²) in [6.45, 7) is 2.57. The summed E-state index contributed by atoms with van der Waals surface area (Å²) in [4.78, 5) is 11.8. The molecule has 0 amide bonds. The molecular weight excluding hydrogens is 248 g/mol. The van der Waals surface area contributed by atoms with Crippen LogP contribution in [-0.4, -0.2) is 12.6 Å². The van der Waals surface area contributed by atoms with Crippen molar-refractivity contribution < 1.29 is 9.53 Å². The lowest BCUT2D eigenvalue weighted by Gasteiger charge is -2.21. The molecule has 2 nitrogen and oxygen atoms in total. The van der Waals surface area contributed by atoms with E-state index in [4.69, 9.17) is 4.74 Å². The zero-order valence-electron chi connectivity index (χ0n) is 12.6. The average Bonchev–Trinajstić information content (AvgIpc) is 2.48. The van der Waals surface area contributed by atoms with Crippen LogP contribution >= 0.6 is 0 Å². The van der Waals surface area contributed by atoms with Crippen LogP contribution in [0.25, 0.3) is 0 Å². The zero-order valence-corrected chi connectivity index (χ0v) is 12.6. The first-order valence-electron chi connectivity index (χ1n) is 7.99. The predicted molar refractivity (Wildman–Crippen MR) is 81.9 cm³/mol. The Morgan fingerprint density at radius 3 is 2.50 bits per heavy atom. The topological polar surface area (TPSA) is 26.3 Å². The maximum atomic E-state index is 11.8. The highest BCUT2D eigenvalue weighted by Crippen LogP contribution is 2.27. The molecule has 0 bridgehead atoms. The number of rotatable bonds is 6. The number of carbonyl (C=O) groups excluding carboxylic acids is 1. The molecule has 0 radical (unpaired) electrons. The third-order valence-corrected chi connectivity index (χ3v) is 4.25. The quantitative estimate of drug-likeness (QED) is 0.544. The molecule has 1 aliphatic carbocycles. The molecule has 0 heterocycles. The van der Waals surface area contributed by atoms with Gasteiger partial charge in [0.1, 0.15) is 0 Å². The minimum atomic E-state index is -0.192. The third-order valence-electron chi connectivity index (χ3n) is 4.25. The fraction of sp³-hybridized carbons (Fsp3) is 0.611. The van der Waals surface area contributed by atoms with Crippen molar-refractivity contribution in [1.29, 1.82) is 0 Å². The molecule has 1 aliphatic rings. The Morgan fingerprint density at radius 1 is 1.10 bits per heavy atom. The van der Waals surface area contributed by atoms with Gasteiger partial charge in [-0.15, -0.1) is 0 Å². The van der Waals surface area contributed by atoms with Gasteiger partial charge in [-0.25, -0.2) is 4.79 Å². The maximum absolute atomic E-state index is 11.8. The molecule has 0 N–H and O–H groups in total. The van der Waals surface area contributed by atoms with Gasteiger partial charge in [0.05, 0.1) is 12.2 Å². The summed E-state index contributed by atoms with van der Waals surface area (Å²) in [6, 6.07) is 7.55. The van der Waals surface area contributed by atoms with Crippen LogP contribution in [0.4, 0.5) is 0 Å². The van der Waals surface area contributed by atoms with Gasteiger partial charge in [0, 0.05) is 0 Å². The SMILES string of the molecule is Cc1ccc(C(=O)OCCCCC2CCCCC2)cc1. The number of ether oxygens (including phenoxy) is 1. The van der Waals surface area contributed by atoms with Crippen molar-refractivity contribution in [2.45, 2.75) is 58.3 Å². The van der Waals surface area contributed by atoms with Gasteiger partial charge in [-0.1, -0.05) is 56.2 Å². The van der Waals surface area contributed by atoms with E-state index in [1.807, 2.05) is 31.2 Å². The number of unbranched alkanes of at least 4 members (excludes halogenated alkanes) is 1. The highest BCUT2D eigenvalue weighted by atomic mass is 16.5. The minimum Gasteiger partial charge on any atom is -0.462 e. The Morgan fingerprint density at radius 2 is 1.80 bits per heavy atom. The summed E-state index contributed by atoms with van der Waals surface area (Å²) in [7, 11) is 0. The van der Waals surface area contributed by atoms with E-state index in [2.05, 4.69) is 0 Å². The average molecular weight is 274 g/mol. The smallest absolute Gasteiger partial charge is 0.338 e. The monoisotopic (exact) mass is 274 g/mol. The Balaban J connectivity index is 1.58. The van der Waals surface area contributed by atoms with Crippen molar-refractivity contribution in [3.05, 3.63) is 35.4 Å². The molecule has 0 aliphatic heterocycles. The van der Waals surface area contributed by atoms with Crippen molar-refractivity contribution in [2.24, 2.45) is 5.92 Å². The van der Waals surface area contributed by atoms with Crippen molar-refractivity contribution in [1.82, 2.24) is 0 Å². The van der Waals surface area contributed by atoms with Crippen LogP contribution < -0.4 is 0 Å². The molecule has 0 saturated heterocycles. The van der Waals surface area contributed by atoms with Gasteiger partial charge >= 0.3 is 5.97 Å². The standard InChI is InChI=1S/C18H26O2/c1-15-10-12-17(13-11-15)18(19)20-14-6-5-9-16-7-3-2-4-8-16/h10-13,16H,2-9,14H2,1H3.